The van der Waals surface area contributed by atoms with Crippen molar-refractivity contribution in [3.05, 3.63) is 12.5 Å². The van der Waals surface area contributed by atoms with Crippen molar-refractivity contribution in [2.24, 2.45) is 0 Å². The van der Waals surface area contributed by atoms with Gasteiger partial charge in [-0.05, 0) is 6.10 Å². The molecule has 1 aliphatic rings. The van der Waals surface area contributed by atoms with Crippen LogP contribution in [0.15, 0.2) is 0 Å². The van der Waals surface area contributed by atoms with Crippen molar-refractivity contribution in [2.75, 3.05) is 0 Å². The van der Waals surface area contributed by atoms with E-state index in [2.05, 4.69) is 31.9 Å². The van der Waals surface area contributed by atoms with Gasteiger partial charge in [0.1, 0.15) is 0 Å². The molecule has 2 unspecified atom stereocenters. The summed E-state index contributed by atoms with van der Waals surface area (Å²) in [4.78, 5) is 0. The Balaban J connectivity index is 0.00000121. The third-order valence-corrected chi connectivity index (χ3v) is 3.17. The Labute approximate surface area is 113 Å². The van der Waals surface area contributed by atoms with Gasteiger partial charge in [0.15, 0.2) is 0 Å². The van der Waals surface area contributed by atoms with Crippen LogP contribution < -0.4 is 0 Å². The Morgan fingerprint density at radius 2 is 1.83 bits per heavy atom. The van der Waals surface area contributed by atoms with E-state index in [4.69, 9.17) is 10.2 Å². The molecule has 0 aromatic rings. The van der Waals surface area contributed by atoms with Crippen LogP contribution in [0.3, 0.4) is 0 Å². The molecule has 3 N–H and O–H groups in total. The van der Waals surface area contributed by atoms with E-state index in [9.17, 15) is 5.11 Å². The fraction of sp³-hybridized carbons (Fsp3) is 0.667. The fourth-order valence-corrected chi connectivity index (χ4v) is 1.88. The predicted octanol–water partition coefficient (Wildman–Crippen LogP) is 0.704. The van der Waals surface area contributed by atoms with Gasteiger partial charge < -0.3 is 15.3 Å². The van der Waals surface area contributed by atoms with Gasteiger partial charge in [0.05, 0.1) is 0 Å². The van der Waals surface area contributed by atoms with E-state index in [0.717, 1.165) is 5.92 Å². The maximum atomic E-state index is 9.25. The summed E-state index contributed by atoms with van der Waals surface area (Å²) >= 11 is 6.53. The molecule has 0 saturated heterocycles. The third-order valence-electron chi connectivity index (χ3n) is 1.59. The maximum Gasteiger partial charge on any atom is 0 e. The zero-order valence-electron chi connectivity index (χ0n) is 6.11. The molecule has 3 nitrogen and oxygen atoms in total. The molecule has 6 heteroatoms. The average molecular weight is 377 g/mol. The molecule has 1 radical (unpaired) electrons. The van der Waals surface area contributed by atoms with Crippen LogP contribution in [0, 0.1) is 12.5 Å². The Bertz CT molecular complexity index is 156. The van der Waals surface area contributed by atoms with Crippen molar-refractivity contribution in [3.63, 3.8) is 0 Å². The number of halogens is 2. The second kappa shape index (κ2) is 5.15. The SMILES string of the molecule is O[CH-]C(O)C(O)[C-]1CC1(Br)Br.[Y]. The normalized spacial score (nSPS) is 25.8. The van der Waals surface area contributed by atoms with E-state index in [1.165, 1.54) is 0 Å². The molecule has 1 rings (SSSR count). The molecule has 0 bridgehead atoms. The fourth-order valence-electron chi connectivity index (χ4n) is 0.804. The number of aliphatic hydroxyl groups excluding tert-OH is 3. The van der Waals surface area contributed by atoms with Crippen LogP contribution >= 0.6 is 31.9 Å². The van der Waals surface area contributed by atoms with Crippen LogP contribution in [0.25, 0.3) is 0 Å². The predicted molar refractivity (Wildman–Crippen MR) is 46.7 cm³/mol. The Hall–Kier alpha value is 1.94. The van der Waals surface area contributed by atoms with Crippen LogP contribution in [0.1, 0.15) is 6.42 Å². The largest absolute Gasteiger partial charge is 0.564 e. The van der Waals surface area contributed by atoms with E-state index in [-0.39, 0.29) is 35.9 Å². The first kappa shape index (κ1) is 13.9. The van der Waals surface area contributed by atoms with E-state index in [1.807, 2.05) is 0 Å². The van der Waals surface area contributed by atoms with Crippen LogP contribution in [0.4, 0.5) is 0 Å². The van der Waals surface area contributed by atoms with E-state index >= 15 is 0 Å². The summed E-state index contributed by atoms with van der Waals surface area (Å²) in [6, 6.07) is 0. The molecule has 0 aliphatic heterocycles. The Morgan fingerprint density at radius 1 is 1.42 bits per heavy atom. The summed E-state index contributed by atoms with van der Waals surface area (Å²) in [5.74, 6) is 0.746. The van der Waals surface area contributed by atoms with Crippen LogP contribution in [-0.4, -0.2) is 30.8 Å². The first-order chi connectivity index (χ1) is 4.99. The zero-order valence-corrected chi connectivity index (χ0v) is 12.1. The van der Waals surface area contributed by atoms with Crippen molar-refractivity contribution in [2.45, 2.75) is 21.9 Å². The van der Waals surface area contributed by atoms with Crippen molar-refractivity contribution >= 4 is 31.9 Å². The summed E-state index contributed by atoms with van der Waals surface area (Å²) in [6.45, 7) is 0.575. The second-order valence-corrected chi connectivity index (χ2v) is 6.26. The first-order valence-corrected chi connectivity index (χ1v) is 4.65. The van der Waals surface area contributed by atoms with Crippen LogP contribution in [-0.2, 0) is 32.7 Å². The molecule has 0 aromatic carbocycles. The van der Waals surface area contributed by atoms with Gasteiger partial charge in [0.25, 0.3) is 0 Å². The minimum Gasteiger partial charge on any atom is -0.564 e. The molecule has 1 aliphatic carbocycles. The Kier molecular flexibility index (Phi) is 5.98. The minimum absolute atomic E-state index is 0. The van der Waals surface area contributed by atoms with Gasteiger partial charge in [-0.15, -0.1) is 31.9 Å². The van der Waals surface area contributed by atoms with E-state index in [1.54, 1.807) is 0 Å². The number of alkyl halides is 2. The summed E-state index contributed by atoms with van der Waals surface area (Å²) in [5.41, 5.74) is 0. The maximum absolute atomic E-state index is 9.25. The van der Waals surface area contributed by atoms with Crippen LogP contribution in [0.5, 0.6) is 0 Å². The molecule has 1 saturated carbocycles. The van der Waals surface area contributed by atoms with Crippen molar-refractivity contribution < 1.29 is 48.0 Å². The number of rotatable bonds is 3. The van der Waals surface area contributed by atoms with Gasteiger partial charge in [0, 0.05) is 32.7 Å². The van der Waals surface area contributed by atoms with E-state index in [0.29, 0.717) is 13.0 Å². The van der Waals surface area contributed by atoms with Crippen LogP contribution in [0.2, 0.25) is 0 Å². The Morgan fingerprint density at radius 3 is 2.08 bits per heavy atom. The number of aliphatic hydroxyl groups is 3. The molecule has 0 amide bonds. The molecule has 0 spiro atoms. The van der Waals surface area contributed by atoms with Crippen molar-refractivity contribution in [1.82, 2.24) is 0 Å². The molecule has 12 heavy (non-hydrogen) atoms. The summed E-state index contributed by atoms with van der Waals surface area (Å²) in [5, 5.41) is 26.6. The molecule has 2 atom stereocenters. The molecule has 69 valence electrons. The van der Waals surface area contributed by atoms with Crippen molar-refractivity contribution in [3.8, 4) is 0 Å². The van der Waals surface area contributed by atoms with Gasteiger partial charge in [-0.1, -0.05) is 9.34 Å². The van der Waals surface area contributed by atoms with E-state index < -0.39 is 12.2 Å². The molecular weight excluding hydrogens is 369 g/mol. The first-order valence-electron chi connectivity index (χ1n) is 3.07. The average Bonchev–Trinajstić information content (AvgIpc) is 2.56. The summed E-state index contributed by atoms with van der Waals surface area (Å²) in [6.07, 6.45) is -1.51. The quantitative estimate of drug-likeness (QED) is 0.502. The van der Waals surface area contributed by atoms with Gasteiger partial charge >= 0.3 is 0 Å². The summed E-state index contributed by atoms with van der Waals surface area (Å²) < 4.78 is -0.330. The zero-order chi connectivity index (χ0) is 8.65. The summed E-state index contributed by atoms with van der Waals surface area (Å²) in [7, 11) is 0. The second-order valence-electron chi connectivity index (χ2n) is 2.49. The topological polar surface area (TPSA) is 60.7 Å². The molecule has 0 heterocycles. The van der Waals surface area contributed by atoms with Gasteiger partial charge in [-0.25, -0.2) is 0 Å². The molecule has 1 fully saturated rings. The van der Waals surface area contributed by atoms with Crippen molar-refractivity contribution in [1.29, 1.82) is 0 Å². The molecule has 0 aromatic heterocycles. The van der Waals surface area contributed by atoms with Gasteiger partial charge in [0.2, 0.25) is 0 Å². The van der Waals surface area contributed by atoms with Gasteiger partial charge in [-0.3, -0.25) is 5.92 Å². The molecular formula is C6H8Br2O3Y-2. The smallest absolute Gasteiger partial charge is 0 e. The standard InChI is InChI=1S/C6H8Br2O3.Y/c7-6(8)1-3(6)5(11)4(10)2-9;/h2,4-5,9-11H,1H2;/q-2;. The third kappa shape index (κ3) is 3.26. The monoisotopic (exact) mass is 375 g/mol. The van der Waals surface area contributed by atoms with Gasteiger partial charge in [-0.2, -0.15) is 13.0 Å². The number of hydrogen-bond acceptors (Lipinski definition) is 3. The minimum atomic E-state index is -1.19. The number of hydrogen-bond donors (Lipinski definition) is 3.